The van der Waals surface area contributed by atoms with E-state index in [0.29, 0.717) is 24.6 Å². The van der Waals surface area contributed by atoms with Crippen LogP contribution in [0.1, 0.15) is 53.1 Å². The third-order valence-electron chi connectivity index (χ3n) is 6.63. The quantitative estimate of drug-likeness (QED) is 0.368. The number of benzene rings is 2. The highest BCUT2D eigenvalue weighted by atomic mass is 32.2. The van der Waals surface area contributed by atoms with E-state index in [9.17, 15) is 13.2 Å². The summed E-state index contributed by atoms with van der Waals surface area (Å²) in [5.74, 6) is 0.106. The van der Waals surface area contributed by atoms with Gasteiger partial charge < -0.3 is 9.88 Å². The zero-order chi connectivity index (χ0) is 24.0. The Morgan fingerprint density at radius 3 is 2.54 bits per heavy atom. The van der Waals surface area contributed by atoms with Gasteiger partial charge in [0.1, 0.15) is 5.82 Å². The maximum atomic E-state index is 13.0. The Hall–Kier alpha value is -3.65. The standard InChI is InChI=1S/C27H26N4O3S/c32-27(30-35(33,34)23-9-10-23)24-15-21(19-6-7-19)16-28-26(24)29-22-8-11-25-20(14-22)12-13-31(25)17-18-4-2-1-3-5-18/h1-5,8,11-16,19,23H,6-7,9-10,17H2,(H,28,29)(H,30,32). The monoisotopic (exact) mass is 486 g/mol. The molecule has 0 unspecified atom stereocenters. The number of hydrogen-bond donors (Lipinski definition) is 2. The fourth-order valence-electron chi connectivity index (χ4n) is 4.37. The summed E-state index contributed by atoms with van der Waals surface area (Å²) in [4.78, 5) is 17.5. The average Bonchev–Trinajstić information content (AvgIpc) is 3.77. The molecule has 0 aliphatic heterocycles. The maximum Gasteiger partial charge on any atom is 0.268 e. The molecule has 0 atom stereocenters. The molecule has 1 amide bonds. The van der Waals surface area contributed by atoms with Crippen LogP contribution in [0.4, 0.5) is 11.5 Å². The number of rotatable bonds is 8. The van der Waals surface area contributed by atoms with Crippen LogP contribution in [0.5, 0.6) is 0 Å². The summed E-state index contributed by atoms with van der Waals surface area (Å²) in [7, 11) is -3.65. The highest BCUT2D eigenvalue weighted by Gasteiger charge is 2.37. The first kappa shape index (κ1) is 21.9. The van der Waals surface area contributed by atoms with Crippen LogP contribution in [0.25, 0.3) is 10.9 Å². The van der Waals surface area contributed by atoms with Gasteiger partial charge in [-0.15, -0.1) is 0 Å². The maximum absolute atomic E-state index is 13.0. The Balaban J connectivity index is 1.28. The van der Waals surface area contributed by atoms with Gasteiger partial charge in [0.15, 0.2) is 0 Å². The molecule has 2 aromatic carbocycles. The van der Waals surface area contributed by atoms with E-state index in [-0.39, 0.29) is 5.56 Å². The minimum Gasteiger partial charge on any atom is -0.343 e. The minimum absolute atomic E-state index is 0.250. The molecule has 2 fully saturated rings. The Kier molecular flexibility index (Phi) is 5.33. The summed E-state index contributed by atoms with van der Waals surface area (Å²) in [6, 6.07) is 20.1. The lowest BCUT2D eigenvalue weighted by Gasteiger charge is -2.13. The van der Waals surface area contributed by atoms with E-state index in [4.69, 9.17) is 0 Å². The van der Waals surface area contributed by atoms with E-state index in [1.807, 2.05) is 36.4 Å². The lowest BCUT2D eigenvalue weighted by Crippen LogP contribution is -2.33. The second-order valence-corrected chi connectivity index (χ2v) is 11.4. The van der Waals surface area contributed by atoms with Gasteiger partial charge in [-0.2, -0.15) is 0 Å². The Morgan fingerprint density at radius 2 is 1.80 bits per heavy atom. The fourth-order valence-corrected chi connectivity index (χ4v) is 5.66. The van der Waals surface area contributed by atoms with Gasteiger partial charge in [0.25, 0.3) is 5.91 Å². The Bertz CT molecular complexity index is 1520. The predicted octanol–water partition coefficient (Wildman–Crippen LogP) is 4.93. The molecule has 2 saturated carbocycles. The summed E-state index contributed by atoms with van der Waals surface area (Å²) in [5, 5.41) is 3.84. The van der Waals surface area contributed by atoms with E-state index in [0.717, 1.165) is 41.5 Å². The van der Waals surface area contributed by atoms with Gasteiger partial charge in [-0.3, -0.25) is 4.79 Å². The Labute approximate surface area is 204 Å². The lowest BCUT2D eigenvalue weighted by atomic mass is 10.1. The molecule has 6 rings (SSSR count). The number of nitrogens with zero attached hydrogens (tertiary/aromatic N) is 2. The van der Waals surface area contributed by atoms with Gasteiger partial charge >= 0.3 is 0 Å². The highest BCUT2D eigenvalue weighted by molar-refractivity contribution is 7.91. The second kappa shape index (κ2) is 8.53. The summed E-state index contributed by atoms with van der Waals surface area (Å²) >= 11 is 0. The van der Waals surface area contributed by atoms with Crippen LogP contribution >= 0.6 is 0 Å². The number of carbonyl (C=O) groups is 1. The molecule has 35 heavy (non-hydrogen) atoms. The fraction of sp³-hybridized carbons (Fsp3) is 0.259. The molecule has 0 radical (unpaired) electrons. The molecule has 178 valence electrons. The van der Waals surface area contributed by atoms with Crippen molar-refractivity contribution in [2.24, 2.45) is 0 Å². The van der Waals surface area contributed by atoms with Crippen LogP contribution in [0.2, 0.25) is 0 Å². The van der Waals surface area contributed by atoms with Crippen molar-refractivity contribution in [3.63, 3.8) is 0 Å². The number of pyridine rings is 1. The largest absolute Gasteiger partial charge is 0.343 e. The topological polar surface area (TPSA) is 93.1 Å². The molecule has 4 aromatic rings. The van der Waals surface area contributed by atoms with Crippen molar-refractivity contribution in [1.29, 1.82) is 0 Å². The van der Waals surface area contributed by atoms with E-state index in [2.05, 4.69) is 44.0 Å². The zero-order valence-electron chi connectivity index (χ0n) is 19.1. The van der Waals surface area contributed by atoms with E-state index in [1.54, 1.807) is 12.3 Å². The third-order valence-corrected chi connectivity index (χ3v) is 8.45. The van der Waals surface area contributed by atoms with Gasteiger partial charge in [-0.05, 0) is 73.1 Å². The summed E-state index contributed by atoms with van der Waals surface area (Å²) in [6.45, 7) is 0.779. The average molecular weight is 487 g/mol. The molecule has 2 aliphatic carbocycles. The normalized spacial score (nSPS) is 15.8. The number of aromatic nitrogens is 2. The van der Waals surface area contributed by atoms with E-state index < -0.39 is 21.2 Å². The number of sulfonamides is 1. The van der Waals surface area contributed by atoms with Crippen molar-refractivity contribution in [2.75, 3.05) is 5.32 Å². The van der Waals surface area contributed by atoms with E-state index >= 15 is 0 Å². The molecule has 2 aliphatic rings. The van der Waals surface area contributed by atoms with Crippen molar-refractivity contribution >= 4 is 38.3 Å². The van der Waals surface area contributed by atoms with Crippen molar-refractivity contribution < 1.29 is 13.2 Å². The zero-order valence-corrected chi connectivity index (χ0v) is 20.0. The molecular weight excluding hydrogens is 460 g/mol. The Morgan fingerprint density at radius 1 is 1.00 bits per heavy atom. The van der Waals surface area contributed by atoms with Crippen molar-refractivity contribution in [3.05, 3.63) is 89.7 Å². The molecule has 7 nitrogen and oxygen atoms in total. The number of fused-ring (bicyclic) bond motifs is 1. The third kappa shape index (κ3) is 4.66. The van der Waals surface area contributed by atoms with Gasteiger partial charge in [0, 0.05) is 35.5 Å². The second-order valence-electron chi connectivity index (χ2n) is 9.44. The molecule has 8 heteroatoms. The van der Waals surface area contributed by atoms with Crippen LogP contribution in [-0.4, -0.2) is 29.1 Å². The summed E-state index contributed by atoms with van der Waals surface area (Å²) in [6.07, 6.45) is 7.15. The smallest absolute Gasteiger partial charge is 0.268 e. The van der Waals surface area contributed by atoms with Gasteiger partial charge in [0.2, 0.25) is 10.0 Å². The highest BCUT2D eigenvalue weighted by Crippen LogP contribution is 2.41. The number of hydrogen-bond acceptors (Lipinski definition) is 5. The minimum atomic E-state index is -3.65. The first-order valence-electron chi connectivity index (χ1n) is 11.9. The van der Waals surface area contributed by atoms with Crippen molar-refractivity contribution in [3.8, 4) is 0 Å². The summed E-state index contributed by atoms with van der Waals surface area (Å²) < 4.78 is 29.2. The first-order valence-corrected chi connectivity index (χ1v) is 13.5. The van der Waals surface area contributed by atoms with Crippen LogP contribution in [-0.2, 0) is 16.6 Å². The first-order chi connectivity index (χ1) is 17.0. The SMILES string of the molecule is O=C(NS(=O)(=O)C1CC1)c1cc(C2CC2)cnc1Nc1ccc2c(ccn2Cc2ccccc2)c1. The molecule has 0 bridgehead atoms. The van der Waals surface area contributed by atoms with Crippen LogP contribution < -0.4 is 10.0 Å². The van der Waals surface area contributed by atoms with Gasteiger partial charge in [-0.25, -0.2) is 18.1 Å². The van der Waals surface area contributed by atoms with Crippen molar-refractivity contribution in [2.45, 2.75) is 43.4 Å². The number of carbonyl (C=O) groups excluding carboxylic acids is 1. The lowest BCUT2D eigenvalue weighted by molar-refractivity contribution is 0.0981. The summed E-state index contributed by atoms with van der Waals surface area (Å²) in [5.41, 5.74) is 4.33. The predicted molar refractivity (Wildman–Crippen MR) is 136 cm³/mol. The molecule has 2 heterocycles. The van der Waals surface area contributed by atoms with Crippen LogP contribution in [0.15, 0.2) is 73.1 Å². The number of amides is 1. The van der Waals surface area contributed by atoms with E-state index in [1.165, 1.54) is 5.56 Å². The molecular formula is C27H26N4O3S. The van der Waals surface area contributed by atoms with Crippen LogP contribution in [0, 0.1) is 0 Å². The number of anilines is 2. The van der Waals surface area contributed by atoms with Gasteiger partial charge in [-0.1, -0.05) is 30.3 Å². The van der Waals surface area contributed by atoms with Crippen molar-refractivity contribution in [1.82, 2.24) is 14.3 Å². The molecule has 2 N–H and O–H groups in total. The molecule has 0 spiro atoms. The van der Waals surface area contributed by atoms with Crippen LogP contribution in [0.3, 0.4) is 0 Å². The molecule has 2 aromatic heterocycles. The molecule has 0 saturated heterocycles. The number of nitrogens with one attached hydrogen (secondary N) is 2. The van der Waals surface area contributed by atoms with Gasteiger partial charge in [0.05, 0.1) is 10.8 Å².